The fraction of sp³-hybridized carbons (Fsp3) is 0.562. The second-order valence-corrected chi connectivity index (χ2v) is 7.15. The first-order valence-corrected chi connectivity index (χ1v) is 7.99. The summed E-state index contributed by atoms with van der Waals surface area (Å²) in [5.74, 6) is 0.174. The van der Waals surface area contributed by atoms with Crippen LogP contribution >= 0.6 is 15.9 Å². The molecule has 2 rings (SSSR count). The molecule has 1 unspecified atom stereocenters. The number of para-hydroxylation sites is 1. The SMILES string of the molecule is CC(Br)c1ccccc1NC(=O)C1(C)CCCCC1. The quantitative estimate of drug-likeness (QED) is 0.774. The van der Waals surface area contributed by atoms with E-state index in [2.05, 4.69) is 41.2 Å². The highest BCUT2D eigenvalue weighted by molar-refractivity contribution is 9.09. The Morgan fingerprint density at radius 1 is 1.26 bits per heavy atom. The lowest BCUT2D eigenvalue weighted by molar-refractivity contribution is -0.126. The molecule has 104 valence electrons. The Morgan fingerprint density at radius 2 is 1.89 bits per heavy atom. The largest absolute Gasteiger partial charge is 0.325 e. The van der Waals surface area contributed by atoms with Gasteiger partial charge < -0.3 is 5.32 Å². The summed E-state index contributed by atoms with van der Waals surface area (Å²) >= 11 is 3.58. The molecule has 0 heterocycles. The maximum absolute atomic E-state index is 12.5. The van der Waals surface area contributed by atoms with Gasteiger partial charge in [0.05, 0.1) is 0 Å². The summed E-state index contributed by atoms with van der Waals surface area (Å²) in [4.78, 5) is 12.8. The Morgan fingerprint density at radius 3 is 2.53 bits per heavy atom. The summed E-state index contributed by atoms with van der Waals surface area (Å²) in [7, 11) is 0. The molecular weight excluding hydrogens is 302 g/mol. The van der Waals surface area contributed by atoms with Crippen LogP contribution in [0.25, 0.3) is 0 Å². The van der Waals surface area contributed by atoms with Crippen LogP contribution in [0, 0.1) is 5.41 Å². The van der Waals surface area contributed by atoms with E-state index in [4.69, 9.17) is 0 Å². The van der Waals surface area contributed by atoms with Gasteiger partial charge in [-0.3, -0.25) is 4.79 Å². The van der Waals surface area contributed by atoms with Crippen molar-refractivity contribution in [1.29, 1.82) is 0 Å². The molecule has 1 aromatic carbocycles. The maximum atomic E-state index is 12.5. The van der Waals surface area contributed by atoms with Crippen molar-refractivity contribution < 1.29 is 4.79 Å². The number of rotatable bonds is 3. The molecule has 1 N–H and O–H groups in total. The van der Waals surface area contributed by atoms with Gasteiger partial charge in [-0.05, 0) is 31.4 Å². The lowest BCUT2D eigenvalue weighted by atomic mass is 9.75. The lowest BCUT2D eigenvalue weighted by Crippen LogP contribution is -2.35. The molecule has 19 heavy (non-hydrogen) atoms. The van der Waals surface area contributed by atoms with Crippen LogP contribution < -0.4 is 5.32 Å². The third-order valence-corrected chi connectivity index (χ3v) is 4.64. The van der Waals surface area contributed by atoms with Crippen molar-refractivity contribution in [3.8, 4) is 0 Å². The molecule has 2 nitrogen and oxygen atoms in total. The summed E-state index contributed by atoms with van der Waals surface area (Å²) in [5.41, 5.74) is 1.87. The molecule has 1 saturated carbocycles. The Kier molecular flexibility index (Phi) is 4.67. The van der Waals surface area contributed by atoms with Gasteiger partial charge in [0.2, 0.25) is 5.91 Å². The smallest absolute Gasteiger partial charge is 0.230 e. The third-order valence-electron chi connectivity index (χ3n) is 4.14. The minimum Gasteiger partial charge on any atom is -0.325 e. The number of amides is 1. The second kappa shape index (κ2) is 6.08. The first-order chi connectivity index (χ1) is 9.03. The summed E-state index contributed by atoms with van der Waals surface area (Å²) in [6.45, 7) is 4.18. The van der Waals surface area contributed by atoms with Crippen molar-refractivity contribution in [2.24, 2.45) is 5.41 Å². The third kappa shape index (κ3) is 3.38. The lowest BCUT2D eigenvalue weighted by Gasteiger charge is -2.32. The van der Waals surface area contributed by atoms with Crippen LogP contribution in [0.3, 0.4) is 0 Å². The average Bonchev–Trinajstić information content (AvgIpc) is 2.40. The number of alkyl halides is 1. The van der Waals surface area contributed by atoms with Crippen LogP contribution in [0.4, 0.5) is 5.69 Å². The molecule has 1 aliphatic rings. The van der Waals surface area contributed by atoms with E-state index in [9.17, 15) is 4.79 Å². The van der Waals surface area contributed by atoms with Crippen LogP contribution in [0.1, 0.15) is 56.3 Å². The van der Waals surface area contributed by atoms with Crippen LogP contribution in [0.15, 0.2) is 24.3 Å². The maximum Gasteiger partial charge on any atom is 0.230 e. The number of hydrogen-bond donors (Lipinski definition) is 1. The number of hydrogen-bond acceptors (Lipinski definition) is 1. The zero-order valence-corrected chi connectivity index (χ0v) is 13.3. The van der Waals surface area contributed by atoms with E-state index in [0.717, 1.165) is 24.1 Å². The van der Waals surface area contributed by atoms with Gasteiger partial charge in [-0.15, -0.1) is 0 Å². The number of nitrogens with one attached hydrogen (secondary N) is 1. The standard InChI is InChI=1S/C16H22BrNO/c1-12(17)13-8-4-5-9-14(13)18-15(19)16(2)10-6-3-7-11-16/h4-5,8-9,12H,3,6-7,10-11H2,1-2H3,(H,18,19). The van der Waals surface area contributed by atoms with Gasteiger partial charge in [0.1, 0.15) is 0 Å². The van der Waals surface area contributed by atoms with Gasteiger partial charge in [-0.2, -0.15) is 0 Å². The molecule has 1 amide bonds. The van der Waals surface area contributed by atoms with Crippen molar-refractivity contribution in [2.45, 2.75) is 50.8 Å². The van der Waals surface area contributed by atoms with Crippen molar-refractivity contribution in [3.63, 3.8) is 0 Å². The molecule has 1 aromatic rings. The Labute approximate surface area is 124 Å². The first-order valence-electron chi connectivity index (χ1n) is 7.07. The van der Waals surface area contributed by atoms with E-state index in [1.165, 1.54) is 19.3 Å². The summed E-state index contributed by atoms with van der Waals surface area (Å²) < 4.78 is 0. The molecule has 1 fully saturated rings. The van der Waals surface area contributed by atoms with E-state index in [1.807, 2.05) is 18.2 Å². The first kappa shape index (κ1) is 14.6. The van der Waals surface area contributed by atoms with Crippen molar-refractivity contribution >= 4 is 27.5 Å². The highest BCUT2D eigenvalue weighted by Crippen LogP contribution is 2.37. The zero-order chi connectivity index (χ0) is 13.9. The van der Waals surface area contributed by atoms with Crippen LogP contribution in [0.5, 0.6) is 0 Å². The van der Waals surface area contributed by atoms with E-state index < -0.39 is 0 Å². The molecule has 0 spiro atoms. The highest BCUT2D eigenvalue weighted by Gasteiger charge is 2.34. The number of carbonyl (C=O) groups excluding carboxylic acids is 1. The molecule has 0 bridgehead atoms. The number of benzene rings is 1. The Balaban J connectivity index is 2.14. The molecule has 0 saturated heterocycles. The van der Waals surface area contributed by atoms with Gasteiger partial charge >= 0.3 is 0 Å². The van der Waals surface area contributed by atoms with Gasteiger partial charge in [-0.1, -0.05) is 60.3 Å². The highest BCUT2D eigenvalue weighted by atomic mass is 79.9. The minimum atomic E-state index is -0.194. The van der Waals surface area contributed by atoms with Gasteiger partial charge in [-0.25, -0.2) is 0 Å². The molecule has 3 heteroatoms. The molecule has 0 aromatic heterocycles. The molecule has 1 aliphatic carbocycles. The van der Waals surface area contributed by atoms with E-state index >= 15 is 0 Å². The second-order valence-electron chi connectivity index (χ2n) is 5.78. The van der Waals surface area contributed by atoms with Crippen LogP contribution in [-0.2, 0) is 4.79 Å². The predicted octanol–water partition coefficient (Wildman–Crippen LogP) is 5.05. The minimum absolute atomic E-state index is 0.174. The zero-order valence-electron chi connectivity index (χ0n) is 11.7. The van der Waals surface area contributed by atoms with Crippen molar-refractivity contribution in [3.05, 3.63) is 29.8 Å². The molecule has 0 radical (unpaired) electrons. The van der Waals surface area contributed by atoms with Crippen molar-refractivity contribution in [1.82, 2.24) is 0 Å². The fourth-order valence-corrected chi connectivity index (χ4v) is 3.19. The topological polar surface area (TPSA) is 29.1 Å². The van der Waals surface area contributed by atoms with Crippen molar-refractivity contribution in [2.75, 3.05) is 5.32 Å². The normalized spacial score (nSPS) is 19.7. The van der Waals surface area contributed by atoms with Gasteiger partial charge in [0.25, 0.3) is 0 Å². The number of halogens is 1. The van der Waals surface area contributed by atoms with Gasteiger partial charge in [0, 0.05) is 15.9 Å². The number of carbonyl (C=O) groups is 1. The monoisotopic (exact) mass is 323 g/mol. The molecule has 0 aliphatic heterocycles. The average molecular weight is 324 g/mol. The fourth-order valence-electron chi connectivity index (χ4n) is 2.79. The number of anilines is 1. The van der Waals surface area contributed by atoms with Crippen LogP contribution in [0.2, 0.25) is 0 Å². The summed E-state index contributed by atoms with van der Waals surface area (Å²) in [5, 5.41) is 3.13. The predicted molar refractivity (Wildman–Crippen MR) is 83.6 cm³/mol. The molecule has 1 atom stereocenters. The summed E-state index contributed by atoms with van der Waals surface area (Å²) in [6, 6.07) is 8.01. The van der Waals surface area contributed by atoms with E-state index in [-0.39, 0.29) is 16.1 Å². The van der Waals surface area contributed by atoms with E-state index in [1.54, 1.807) is 0 Å². The summed E-state index contributed by atoms with van der Waals surface area (Å²) in [6.07, 6.45) is 5.61. The Bertz CT molecular complexity index is 450. The molecular formula is C16H22BrNO. The Hall–Kier alpha value is -0.830. The van der Waals surface area contributed by atoms with Crippen LogP contribution in [-0.4, -0.2) is 5.91 Å². The van der Waals surface area contributed by atoms with Gasteiger partial charge in [0.15, 0.2) is 0 Å². The van der Waals surface area contributed by atoms with E-state index in [0.29, 0.717) is 0 Å².